The Hall–Kier alpha value is -1.42. The number of carbonyl (C=O) groups excluding carboxylic acids is 1. The Balaban J connectivity index is 1.90. The second kappa shape index (κ2) is 7.39. The molecule has 0 saturated carbocycles. The average molecular weight is 275 g/mol. The van der Waals surface area contributed by atoms with Crippen LogP contribution in [-0.2, 0) is 0 Å². The number of nitrogens with one attached hydrogen (secondary N) is 1. The summed E-state index contributed by atoms with van der Waals surface area (Å²) in [4.78, 5) is 18.6. The Labute approximate surface area is 121 Å². The molecule has 1 amide bonds. The Kier molecular flexibility index (Phi) is 5.53. The van der Waals surface area contributed by atoms with Gasteiger partial charge in [0.15, 0.2) is 0 Å². The maximum atomic E-state index is 12.1. The first kappa shape index (κ1) is 15.0. The van der Waals surface area contributed by atoms with E-state index in [0.29, 0.717) is 24.1 Å². The summed E-state index contributed by atoms with van der Waals surface area (Å²) in [5.74, 6) is 0.517. The molecule has 1 unspecified atom stereocenters. The molecule has 0 aromatic carbocycles. The van der Waals surface area contributed by atoms with Gasteiger partial charge in [0.2, 0.25) is 0 Å². The predicted octanol–water partition coefficient (Wildman–Crippen LogP) is 2.32. The number of carbonyl (C=O) groups is 1. The molecule has 2 heterocycles. The summed E-state index contributed by atoms with van der Waals surface area (Å²) in [5.41, 5.74) is 0.633. The molecule has 1 N–H and O–H groups in total. The lowest BCUT2D eigenvalue weighted by molar-refractivity contribution is 0.0895. The molecule has 1 aliphatic rings. The number of nitrogens with zero attached hydrogens (tertiary/aromatic N) is 2. The molecule has 0 radical (unpaired) electrons. The van der Waals surface area contributed by atoms with Gasteiger partial charge in [-0.1, -0.05) is 20.3 Å². The summed E-state index contributed by atoms with van der Waals surface area (Å²) in [6.45, 7) is 7.49. The van der Waals surface area contributed by atoms with Gasteiger partial charge in [0, 0.05) is 25.0 Å². The summed E-state index contributed by atoms with van der Waals surface area (Å²) in [6, 6.07) is 4.02. The van der Waals surface area contributed by atoms with Crippen molar-refractivity contribution in [3.8, 4) is 0 Å². The zero-order valence-electron chi connectivity index (χ0n) is 12.5. The van der Waals surface area contributed by atoms with Gasteiger partial charge in [0.05, 0.1) is 5.56 Å². The Morgan fingerprint density at radius 2 is 2.10 bits per heavy atom. The third-order valence-electron chi connectivity index (χ3n) is 4.02. The van der Waals surface area contributed by atoms with E-state index in [2.05, 4.69) is 29.0 Å². The van der Waals surface area contributed by atoms with Gasteiger partial charge in [0.1, 0.15) is 0 Å². The van der Waals surface area contributed by atoms with Crippen LogP contribution in [-0.4, -0.2) is 41.5 Å². The fraction of sp³-hybridized carbons (Fsp3) is 0.625. The van der Waals surface area contributed by atoms with Crippen LogP contribution in [0.2, 0.25) is 0 Å². The van der Waals surface area contributed by atoms with Crippen LogP contribution in [0.5, 0.6) is 0 Å². The van der Waals surface area contributed by atoms with Crippen LogP contribution >= 0.6 is 0 Å². The van der Waals surface area contributed by atoms with E-state index < -0.39 is 0 Å². The number of piperidine rings is 1. The second-order valence-electron chi connectivity index (χ2n) is 5.86. The molecular formula is C16H25N3O. The van der Waals surface area contributed by atoms with E-state index in [9.17, 15) is 4.79 Å². The molecule has 4 nitrogen and oxygen atoms in total. The van der Waals surface area contributed by atoms with Gasteiger partial charge in [-0.3, -0.25) is 14.7 Å². The minimum absolute atomic E-state index is 0.0271. The number of rotatable bonds is 5. The number of amides is 1. The minimum atomic E-state index is -0.0271. The zero-order valence-corrected chi connectivity index (χ0v) is 12.5. The molecule has 1 atom stereocenters. The number of likely N-dealkylation sites (tertiary alicyclic amines) is 1. The van der Waals surface area contributed by atoms with Crippen molar-refractivity contribution in [2.24, 2.45) is 5.92 Å². The number of pyridine rings is 1. The van der Waals surface area contributed by atoms with Crippen molar-refractivity contribution in [3.05, 3.63) is 30.1 Å². The molecule has 1 fully saturated rings. The summed E-state index contributed by atoms with van der Waals surface area (Å²) >= 11 is 0. The Morgan fingerprint density at radius 1 is 1.35 bits per heavy atom. The minimum Gasteiger partial charge on any atom is -0.350 e. The standard InChI is InChI=1S/C16H25N3O/c1-13(2)15(19-9-4-3-5-10-19)12-18-16(20)14-7-6-8-17-11-14/h6-8,11,13,15H,3-5,9-10,12H2,1-2H3,(H,18,20). The van der Waals surface area contributed by atoms with Crippen molar-refractivity contribution in [2.75, 3.05) is 19.6 Å². The highest BCUT2D eigenvalue weighted by Crippen LogP contribution is 2.17. The van der Waals surface area contributed by atoms with Gasteiger partial charge in [-0.05, 0) is 44.0 Å². The van der Waals surface area contributed by atoms with Gasteiger partial charge in [-0.2, -0.15) is 0 Å². The third kappa shape index (κ3) is 4.04. The first-order valence-electron chi connectivity index (χ1n) is 7.61. The summed E-state index contributed by atoms with van der Waals surface area (Å²) in [6.07, 6.45) is 7.19. The van der Waals surface area contributed by atoms with E-state index >= 15 is 0 Å². The van der Waals surface area contributed by atoms with E-state index in [1.54, 1.807) is 24.5 Å². The summed E-state index contributed by atoms with van der Waals surface area (Å²) in [7, 11) is 0. The lowest BCUT2D eigenvalue weighted by Gasteiger charge is -2.37. The lowest BCUT2D eigenvalue weighted by Crippen LogP contribution is -2.48. The molecule has 2 rings (SSSR count). The fourth-order valence-corrected chi connectivity index (χ4v) is 2.83. The number of hydrogen-bond donors (Lipinski definition) is 1. The summed E-state index contributed by atoms with van der Waals surface area (Å²) < 4.78 is 0. The van der Waals surface area contributed by atoms with Crippen LogP contribution in [0, 0.1) is 5.92 Å². The maximum absolute atomic E-state index is 12.1. The van der Waals surface area contributed by atoms with Crippen molar-refractivity contribution in [3.63, 3.8) is 0 Å². The average Bonchev–Trinajstić information content (AvgIpc) is 2.49. The van der Waals surface area contributed by atoms with E-state index in [0.717, 1.165) is 13.1 Å². The predicted molar refractivity (Wildman–Crippen MR) is 80.6 cm³/mol. The van der Waals surface area contributed by atoms with Crippen LogP contribution in [0.25, 0.3) is 0 Å². The molecule has 1 aromatic rings. The van der Waals surface area contributed by atoms with Crippen LogP contribution in [0.4, 0.5) is 0 Å². The second-order valence-corrected chi connectivity index (χ2v) is 5.86. The highest BCUT2D eigenvalue weighted by Gasteiger charge is 2.23. The molecule has 1 aromatic heterocycles. The fourth-order valence-electron chi connectivity index (χ4n) is 2.83. The van der Waals surface area contributed by atoms with Crippen LogP contribution in [0.1, 0.15) is 43.5 Å². The SMILES string of the molecule is CC(C)C(CNC(=O)c1cccnc1)N1CCCCC1. The number of hydrogen-bond acceptors (Lipinski definition) is 3. The van der Waals surface area contributed by atoms with E-state index in [-0.39, 0.29) is 5.91 Å². The lowest BCUT2D eigenvalue weighted by atomic mass is 9.99. The molecule has 1 aliphatic heterocycles. The molecular weight excluding hydrogens is 250 g/mol. The molecule has 0 aliphatic carbocycles. The monoisotopic (exact) mass is 275 g/mol. The van der Waals surface area contributed by atoms with Crippen LogP contribution in [0.3, 0.4) is 0 Å². The van der Waals surface area contributed by atoms with Crippen molar-refractivity contribution >= 4 is 5.91 Å². The van der Waals surface area contributed by atoms with Crippen LogP contribution < -0.4 is 5.32 Å². The topological polar surface area (TPSA) is 45.2 Å². The largest absolute Gasteiger partial charge is 0.350 e. The third-order valence-corrected chi connectivity index (χ3v) is 4.02. The van der Waals surface area contributed by atoms with E-state index in [4.69, 9.17) is 0 Å². The van der Waals surface area contributed by atoms with Gasteiger partial charge >= 0.3 is 0 Å². The molecule has 4 heteroatoms. The Bertz CT molecular complexity index is 413. The van der Waals surface area contributed by atoms with Gasteiger partial charge in [0.25, 0.3) is 5.91 Å². The molecule has 0 spiro atoms. The van der Waals surface area contributed by atoms with Crippen LogP contribution in [0.15, 0.2) is 24.5 Å². The smallest absolute Gasteiger partial charge is 0.252 e. The Morgan fingerprint density at radius 3 is 2.70 bits per heavy atom. The van der Waals surface area contributed by atoms with Gasteiger partial charge in [-0.25, -0.2) is 0 Å². The van der Waals surface area contributed by atoms with Crippen molar-refractivity contribution in [1.29, 1.82) is 0 Å². The van der Waals surface area contributed by atoms with Crippen molar-refractivity contribution in [1.82, 2.24) is 15.2 Å². The quantitative estimate of drug-likeness (QED) is 0.897. The van der Waals surface area contributed by atoms with Crippen molar-refractivity contribution < 1.29 is 4.79 Å². The van der Waals surface area contributed by atoms with Crippen molar-refractivity contribution in [2.45, 2.75) is 39.2 Å². The highest BCUT2D eigenvalue weighted by molar-refractivity contribution is 5.93. The molecule has 0 bridgehead atoms. The first-order chi connectivity index (χ1) is 9.68. The maximum Gasteiger partial charge on any atom is 0.252 e. The van der Waals surface area contributed by atoms with Gasteiger partial charge in [-0.15, -0.1) is 0 Å². The van der Waals surface area contributed by atoms with E-state index in [1.807, 2.05) is 0 Å². The number of aromatic nitrogens is 1. The first-order valence-corrected chi connectivity index (χ1v) is 7.61. The summed E-state index contributed by atoms with van der Waals surface area (Å²) in [5, 5.41) is 3.06. The molecule has 110 valence electrons. The normalized spacial score (nSPS) is 17.9. The molecule has 1 saturated heterocycles. The zero-order chi connectivity index (χ0) is 14.4. The van der Waals surface area contributed by atoms with E-state index in [1.165, 1.54) is 19.3 Å². The van der Waals surface area contributed by atoms with Gasteiger partial charge < -0.3 is 5.32 Å². The molecule has 20 heavy (non-hydrogen) atoms. The highest BCUT2D eigenvalue weighted by atomic mass is 16.1.